The number of likely N-dealkylation sites (tertiary alicyclic amines) is 1. The largest absolute Gasteiger partial charge is 0.348 e. The van der Waals surface area contributed by atoms with Gasteiger partial charge in [-0.1, -0.05) is 19.8 Å². The minimum absolute atomic E-state index is 0.219. The van der Waals surface area contributed by atoms with Crippen molar-refractivity contribution in [3.05, 3.63) is 0 Å². The first-order chi connectivity index (χ1) is 9.58. The Bertz CT molecular complexity index is 307. The molecule has 1 heterocycles. The van der Waals surface area contributed by atoms with E-state index in [0.29, 0.717) is 18.6 Å². The molecular formula is C16H31N3O. The zero-order valence-electron chi connectivity index (χ0n) is 13.4. The first kappa shape index (κ1) is 15.8. The predicted molar refractivity (Wildman–Crippen MR) is 82.7 cm³/mol. The lowest BCUT2D eigenvalue weighted by Gasteiger charge is -2.34. The van der Waals surface area contributed by atoms with E-state index >= 15 is 0 Å². The van der Waals surface area contributed by atoms with Crippen molar-refractivity contribution in [1.29, 1.82) is 0 Å². The van der Waals surface area contributed by atoms with Crippen LogP contribution in [-0.4, -0.2) is 61.5 Å². The third kappa shape index (κ3) is 5.06. The molecule has 1 saturated carbocycles. The van der Waals surface area contributed by atoms with Crippen molar-refractivity contribution in [1.82, 2.24) is 15.1 Å². The monoisotopic (exact) mass is 281 g/mol. The van der Waals surface area contributed by atoms with Gasteiger partial charge in [0.05, 0.1) is 6.54 Å². The minimum atomic E-state index is 0.219. The van der Waals surface area contributed by atoms with Gasteiger partial charge in [-0.05, 0) is 31.6 Å². The van der Waals surface area contributed by atoms with E-state index < -0.39 is 0 Å². The summed E-state index contributed by atoms with van der Waals surface area (Å²) in [4.78, 5) is 15.7. The summed E-state index contributed by atoms with van der Waals surface area (Å²) in [5, 5.41) is 3.85. The van der Waals surface area contributed by atoms with Gasteiger partial charge in [-0.2, -0.15) is 0 Å². The number of carbonyl (C=O) groups excluding carboxylic acids is 1. The van der Waals surface area contributed by atoms with E-state index in [9.17, 15) is 4.79 Å². The first-order valence-electron chi connectivity index (χ1n) is 8.27. The Kier molecular flexibility index (Phi) is 5.85. The van der Waals surface area contributed by atoms with Crippen molar-refractivity contribution >= 4 is 5.91 Å². The average molecular weight is 281 g/mol. The number of hydrogen-bond acceptors (Lipinski definition) is 3. The molecule has 2 fully saturated rings. The van der Waals surface area contributed by atoms with Crippen LogP contribution in [0.1, 0.15) is 45.4 Å². The van der Waals surface area contributed by atoms with Gasteiger partial charge in [0.1, 0.15) is 0 Å². The second kappa shape index (κ2) is 7.41. The van der Waals surface area contributed by atoms with E-state index in [1.165, 1.54) is 38.5 Å². The Balaban J connectivity index is 1.66. The quantitative estimate of drug-likeness (QED) is 0.771. The summed E-state index contributed by atoms with van der Waals surface area (Å²) < 4.78 is 0. The molecule has 20 heavy (non-hydrogen) atoms. The fourth-order valence-corrected chi connectivity index (χ4v) is 3.03. The fraction of sp³-hybridized carbons (Fsp3) is 0.938. The van der Waals surface area contributed by atoms with Crippen molar-refractivity contribution < 1.29 is 4.79 Å². The molecule has 1 amide bonds. The van der Waals surface area contributed by atoms with E-state index in [0.717, 1.165) is 19.0 Å². The number of nitrogens with zero attached hydrogens (tertiary/aromatic N) is 2. The van der Waals surface area contributed by atoms with Crippen molar-refractivity contribution in [3.8, 4) is 0 Å². The summed E-state index contributed by atoms with van der Waals surface area (Å²) in [5.74, 6) is 1.22. The van der Waals surface area contributed by atoms with E-state index in [1.807, 2.05) is 14.1 Å². The highest BCUT2D eigenvalue weighted by molar-refractivity contribution is 5.77. The maximum Gasteiger partial charge on any atom is 0.236 e. The van der Waals surface area contributed by atoms with Gasteiger partial charge in [0.2, 0.25) is 5.91 Å². The molecule has 116 valence electrons. The number of nitrogens with one attached hydrogen (secondary N) is 1. The summed E-state index contributed by atoms with van der Waals surface area (Å²) in [7, 11) is 3.67. The van der Waals surface area contributed by atoms with Gasteiger partial charge < -0.3 is 10.2 Å². The van der Waals surface area contributed by atoms with E-state index in [2.05, 4.69) is 17.1 Å². The number of piperidine rings is 1. The number of likely N-dealkylation sites (N-methyl/N-ethyl adjacent to an activating group) is 1. The second-order valence-corrected chi connectivity index (χ2v) is 6.79. The average Bonchev–Trinajstić information content (AvgIpc) is 3.24. The molecule has 1 saturated heterocycles. The molecule has 1 aliphatic carbocycles. The van der Waals surface area contributed by atoms with Crippen LogP contribution in [0, 0.1) is 5.92 Å². The predicted octanol–water partition coefficient (Wildman–Crippen LogP) is 1.71. The van der Waals surface area contributed by atoms with Crippen molar-refractivity contribution in [3.63, 3.8) is 0 Å². The van der Waals surface area contributed by atoms with Gasteiger partial charge >= 0.3 is 0 Å². The highest BCUT2D eigenvalue weighted by Crippen LogP contribution is 2.34. The van der Waals surface area contributed by atoms with Gasteiger partial charge in [-0.3, -0.25) is 9.69 Å². The van der Waals surface area contributed by atoms with Gasteiger partial charge in [0.15, 0.2) is 0 Å². The van der Waals surface area contributed by atoms with Crippen molar-refractivity contribution in [2.45, 2.75) is 57.5 Å². The van der Waals surface area contributed by atoms with Crippen LogP contribution in [0.2, 0.25) is 0 Å². The van der Waals surface area contributed by atoms with E-state index in [4.69, 9.17) is 0 Å². The summed E-state index contributed by atoms with van der Waals surface area (Å²) in [6.07, 6.45) is 7.88. The number of carbonyl (C=O) groups is 1. The van der Waals surface area contributed by atoms with Crippen LogP contribution in [0.4, 0.5) is 0 Å². The smallest absolute Gasteiger partial charge is 0.236 e. The zero-order chi connectivity index (χ0) is 14.5. The maximum atomic E-state index is 11.7. The van der Waals surface area contributed by atoms with Crippen LogP contribution < -0.4 is 5.32 Å². The van der Waals surface area contributed by atoms with Gasteiger partial charge in [-0.15, -0.1) is 0 Å². The summed E-state index contributed by atoms with van der Waals surface area (Å²) in [6.45, 7) is 4.98. The Hall–Kier alpha value is -0.610. The molecule has 2 rings (SSSR count). The van der Waals surface area contributed by atoms with Crippen LogP contribution in [0.25, 0.3) is 0 Å². The zero-order valence-corrected chi connectivity index (χ0v) is 13.4. The molecule has 0 bridgehead atoms. The first-order valence-corrected chi connectivity index (χ1v) is 8.27. The van der Waals surface area contributed by atoms with Crippen LogP contribution >= 0.6 is 0 Å². The molecule has 2 aliphatic rings. The molecule has 1 atom stereocenters. The van der Waals surface area contributed by atoms with Crippen LogP contribution in [-0.2, 0) is 4.79 Å². The number of amides is 1. The maximum absolute atomic E-state index is 11.7. The molecule has 4 heteroatoms. The third-order valence-electron chi connectivity index (χ3n) is 4.72. The van der Waals surface area contributed by atoms with E-state index in [-0.39, 0.29) is 5.91 Å². The van der Waals surface area contributed by atoms with Crippen molar-refractivity contribution in [2.24, 2.45) is 5.92 Å². The molecule has 4 nitrogen and oxygen atoms in total. The minimum Gasteiger partial charge on any atom is -0.348 e. The molecule has 1 N–H and O–H groups in total. The molecule has 0 aromatic carbocycles. The Morgan fingerprint density at radius 3 is 2.40 bits per heavy atom. The molecule has 0 aromatic rings. The lowest BCUT2D eigenvalue weighted by molar-refractivity contribution is -0.130. The summed E-state index contributed by atoms with van der Waals surface area (Å²) in [5.41, 5.74) is 0. The SMILES string of the molecule is CCC(CC1CC1)NC1CCN(CC(=O)N(C)C)CC1. The van der Waals surface area contributed by atoms with E-state index in [1.54, 1.807) is 4.90 Å². The van der Waals surface area contributed by atoms with Gasteiger partial charge in [-0.25, -0.2) is 0 Å². The number of rotatable bonds is 7. The standard InChI is InChI=1S/C16H31N3O/c1-4-14(11-13-5-6-13)17-15-7-9-19(10-8-15)12-16(20)18(2)3/h13-15,17H,4-12H2,1-3H3. The molecular weight excluding hydrogens is 250 g/mol. The molecule has 0 spiro atoms. The Morgan fingerprint density at radius 2 is 1.90 bits per heavy atom. The highest BCUT2D eigenvalue weighted by atomic mass is 16.2. The second-order valence-electron chi connectivity index (χ2n) is 6.79. The van der Waals surface area contributed by atoms with Crippen LogP contribution in [0.15, 0.2) is 0 Å². The highest BCUT2D eigenvalue weighted by Gasteiger charge is 2.27. The van der Waals surface area contributed by atoms with Crippen molar-refractivity contribution in [2.75, 3.05) is 33.7 Å². The third-order valence-corrected chi connectivity index (χ3v) is 4.72. The topological polar surface area (TPSA) is 35.6 Å². The molecule has 1 unspecified atom stereocenters. The molecule has 0 aromatic heterocycles. The summed E-state index contributed by atoms with van der Waals surface area (Å²) in [6, 6.07) is 1.37. The lowest BCUT2D eigenvalue weighted by atomic mass is 10.0. The lowest BCUT2D eigenvalue weighted by Crippen LogP contribution is -2.48. The summed E-state index contributed by atoms with van der Waals surface area (Å²) >= 11 is 0. The fourth-order valence-electron chi connectivity index (χ4n) is 3.03. The number of hydrogen-bond donors (Lipinski definition) is 1. The van der Waals surface area contributed by atoms with Gasteiger partial charge in [0.25, 0.3) is 0 Å². The van der Waals surface area contributed by atoms with Crippen LogP contribution in [0.3, 0.4) is 0 Å². The van der Waals surface area contributed by atoms with Gasteiger partial charge in [0, 0.05) is 39.3 Å². The molecule has 0 radical (unpaired) electrons. The Morgan fingerprint density at radius 1 is 1.25 bits per heavy atom. The molecule has 1 aliphatic heterocycles. The Labute approximate surface area is 123 Å². The normalized spacial score (nSPS) is 22.8. The van der Waals surface area contributed by atoms with Crippen LogP contribution in [0.5, 0.6) is 0 Å².